The molecular weight excluding hydrogens is 319 g/mol. The van der Waals surface area contributed by atoms with E-state index in [4.69, 9.17) is 0 Å². The summed E-state index contributed by atoms with van der Waals surface area (Å²) in [5.41, 5.74) is 2.16. The third kappa shape index (κ3) is 3.71. The predicted octanol–water partition coefficient (Wildman–Crippen LogP) is 1.94. The largest absolute Gasteiger partial charge is 0.352 e. The Hall–Kier alpha value is -1.92. The summed E-state index contributed by atoms with van der Waals surface area (Å²) >= 11 is 0. The van der Waals surface area contributed by atoms with Gasteiger partial charge in [-0.15, -0.1) is 12.4 Å². The summed E-state index contributed by atoms with van der Waals surface area (Å²) < 4.78 is 14.7. The number of carbonyl (C=O) groups is 1. The maximum absolute atomic E-state index is 13.0. The first-order valence-electron chi connectivity index (χ1n) is 7.50. The van der Waals surface area contributed by atoms with Crippen LogP contribution < -0.4 is 10.6 Å². The fourth-order valence-electron chi connectivity index (χ4n) is 2.53. The zero-order chi connectivity index (χ0) is 15.5. The van der Waals surface area contributed by atoms with Crippen LogP contribution in [0, 0.1) is 11.7 Å². The highest BCUT2D eigenvalue weighted by Gasteiger charge is 2.20. The molecule has 1 saturated heterocycles. The number of amides is 1. The predicted molar refractivity (Wildman–Crippen MR) is 88.8 cm³/mol. The van der Waals surface area contributed by atoms with Crippen LogP contribution in [0.25, 0.3) is 5.69 Å². The van der Waals surface area contributed by atoms with E-state index in [1.165, 1.54) is 12.1 Å². The number of hydrogen-bond donors (Lipinski definition) is 2. The first-order chi connectivity index (χ1) is 10.7. The normalized spacial score (nSPS) is 14.0. The lowest BCUT2D eigenvalue weighted by atomic mass is 10.0. The summed E-state index contributed by atoms with van der Waals surface area (Å²) in [5, 5.41) is 10.4. The van der Waals surface area contributed by atoms with E-state index < -0.39 is 0 Å². The van der Waals surface area contributed by atoms with Crippen LogP contribution in [0.5, 0.6) is 0 Å². The lowest BCUT2D eigenvalue weighted by molar-refractivity contribution is 0.0941. The van der Waals surface area contributed by atoms with Crippen molar-refractivity contribution in [1.29, 1.82) is 0 Å². The van der Waals surface area contributed by atoms with Crippen molar-refractivity contribution in [2.24, 2.45) is 5.92 Å². The molecule has 1 aliphatic heterocycles. The Morgan fingerprint density at radius 3 is 2.65 bits per heavy atom. The highest BCUT2D eigenvalue weighted by molar-refractivity contribution is 5.95. The number of carbonyl (C=O) groups excluding carboxylic acids is 1. The van der Waals surface area contributed by atoms with E-state index in [0.717, 1.165) is 24.5 Å². The monoisotopic (exact) mass is 338 g/mol. The molecule has 2 heterocycles. The molecule has 23 heavy (non-hydrogen) atoms. The summed E-state index contributed by atoms with van der Waals surface area (Å²) in [7, 11) is 0. The van der Waals surface area contributed by atoms with Crippen molar-refractivity contribution < 1.29 is 9.18 Å². The molecule has 1 aromatic carbocycles. The average Bonchev–Trinajstić information content (AvgIpc) is 2.90. The van der Waals surface area contributed by atoms with Gasteiger partial charge in [-0.05, 0) is 30.7 Å². The van der Waals surface area contributed by atoms with Gasteiger partial charge in [0.2, 0.25) is 0 Å². The fourth-order valence-corrected chi connectivity index (χ4v) is 2.53. The van der Waals surface area contributed by atoms with Gasteiger partial charge >= 0.3 is 0 Å². The van der Waals surface area contributed by atoms with Crippen molar-refractivity contribution in [3.63, 3.8) is 0 Å². The molecule has 0 atom stereocenters. The SMILES string of the molecule is CCc1c(C(=O)NCC2CNC2)cnn1-c1ccc(F)cc1.Cl. The Labute approximate surface area is 140 Å². The van der Waals surface area contributed by atoms with Gasteiger partial charge in [0.05, 0.1) is 23.1 Å². The van der Waals surface area contributed by atoms with E-state index in [1.54, 1.807) is 23.0 Å². The smallest absolute Gasteiger partial charge is 0.254 e. The fraction of sp³-hybridized carbons (Fsp3) is 0.375. The molecule has 0 spiro atoms. The number of rotatable bonds is 5. The molecule has 1 amide bonds. The molecule has 0 saturated carbocycles. The first-order valence-corrected chi connectivity index (χ1v) is 7.50. The summed E-state index contributed by atoms with van der Waals surface area (Å²) in [5.74, 6) is 0.124. The maximum atomic E-state index is 13.0. The van der Waals surface area contributed by atoms with Gasteiger partial charge < -0.3 is 10.6 Å². The Morgan fingerprint density at radius 1 is 1.39 bits per heavy atom. The summed E-state index contributed by atoms with van der Waals surface area (Å²) in [4.78, 5) is 12.3. The lowest BCUT2D eigenvalue weighted by Gasteiger charge is -2.27. The van der Waals surface area contributed by atoms with Gasteiger partial charge in [0.1, 0.15) is 5.82 Å². The standard InChI is InChI=1S/C16H19FN4O.ClH/c1-2-15-14(16(22)19-9-11-7-18-8-11)10-20-21(15)13-5-3-12(17)4-6-13;/h3-6,10-11,18H,2,7-9H2,1H3,(H,19,22);1H. The van der Waals surface area contributed by atoms with E-state index in [0.29, 0.717) is 24.4 Å². The minimum absolute atomic E-state index is 0. The number of nitrogens with one attached hydrogen (secondary N) is 2. The number of aromatic nitrogens is 2. The molecule has 0 unspecified atom stereocenters. The second kappa shape index (κ2) is 7.57. The first kappa shape index (κ1) is 17.4. The molecule has 2 aromatic rings. The molecule has 2 N–H and O–H groups in total. The minimum atomic E-state index is -0.291. The summed E-state index contributed by atoms with van der Waals surface area (Å²) in [6.07, 6.45) is 2.25. The van der Waals surface area contributed by atoms with Gasteiger partial charge in [-0.1, -0.05) is 6.92 Å². The number of nitrogens with zero attached hydrogens (tertiary/aromatic N) is 2. The highest BCUT2D eigenvalue weighted by Crippen LogP contribution is 2.16. The van der Waals surface area contributed by atoms with Crippen LogP contribution in [-0.4, -0.2) is 35.3 Å². The Morgan fingerprint density at radius 2 is 2.09 bits per heavy atom. The molecule has 1 aromatic heterocycles. The van der Waals surface area contributed by atoms with Gasteiger partial charge in [0, 0.05) is 25.6 Å². The zero-order valence-corrected chi connectivity index (χ0v) is 13.7. The van der Waals surface area contributed by atoms with Gasteiger partial charge in [-0.3, -0.25) is 4.79 Å². The van der Waals surface area contributed by atoms with E-state index in [1.807, 2.05) is 6.92 Å². The van der Waals surface area contributed by atoms with Crippen molar-refractivity contribution in [2.75, 3.05) is 19.6 Å². The van der Waals surface area contributed by atoms with Crippen LogP contribution in [0.4, 0.5) is 4.39 Å². The van der Waals surface area contributed by atoms with E-state index >= 15 is 0 Å². The van der Waals surface area contributed by atoms with Crippen LogP contribution in [0.1, 0.15) is 23.0 Å². The van der Waals surface area contributed by atoms with Crippen LogP contribution in [0.2, 0.25) is 0 Å². The molecule has 1 aliphatic rings. The van der Waals surface area contributed by atoms with Crippen LogP contribution in [0.15, 0.2) is 30.5 Å². The molecule has 1 fully saturated rings. The van der Waals surface area contributed by atoms with Crippen molar-refractivity contribution in [3.05, 3.63) is 47.5 Å². The van der Waals surface area contributed by atoms with Crippen LogP contribution >= 0.6 is 12.4 Å². The zero-order valence-electron chi connectivity index (χ0n) is 12.9. The molecule has 0 aliphatic carbocycles. The van der Waals surface area contributed by atoms with Crippen LogP contribution in [0.3, 0.4) is 0 Å². The lowest BCUT2D eigenvalue weighted by Crippen LogP contribution is -2.48. The number of hydrogen-bond acceptors (Lipinski definition) is 3. The summed E-state index contributed by atoms with van der Waals surface area (Å²) in [6, 6.07) is 6.09. The molecule has 0 radical (unpaired) electrons. The second-order valence-electron chi connectivity index (χ2n) is 5.48. The van der Waals surface area contributed by atoms with Crippen molar-refractivity contribution in [3.8, 4) is 5.69 Å². The second-order valence-corrected chi connectivity index (χ2v) is 5.48. The molecule has 0 bridgehead atoms. The Balaban J connectivity index is 0.00000192. The highest BCUT2D eigenvalue weighted by atomic mass is 35.5. The van der Waals surface area contributed by atoms with E-state index in [9.17, 15) is 9.18 Å². The van der Waals surface area contributed by atoms with E-state index in [2.05, 4.69) is 15.7 Å². The maximum Gasteiger partial charge on any atom is 0.254 e. The Kier molecular flexibility index (Phi) is 5.74. The molecule has 7 heteroatoms. The third-order valence-corrected chi connectivity index (χ3v) is 3.94. The quantitative estimate of drug-likeness (QED) is 0.876. The van der Waals surface area contributed by atoms with Crippen molar-refractivity contribution in [2.45, 2.75) is 13.3 Å². The molecule has 124 valence electrons. The number of benzene rings is 1. The van der Waals surface area contributed by atoms with Gasteiger partial charge in [0.25, 0.3) is 5.91 Å². The topological polar surface area (TPSA) is 59.0 Å². The van der Waals surface area contributed by atoms with Crippen molar-refractivity contribution >= 4 is 18.3 Å². The molecule has 5 nitrogen and oxygen atoms in total. The average molecular weight is 339 g/mol. The molecule has 3 rings (SSSR count). The Bertz CT molecular complexity index is 667. The van der Waals surface area contributed by atoms with Crippen molar-refractivity contribution in [1.82, 2.24) is 20.4 Å². The molecular formula is C16H20ClFN4O. The minimum Gasteiger partial charge on any atom is -0.352 e. The van der Waals surface area contributed by atoms with Gasteiger partial charge in [0.15, 0.2) is 0 Å². The van der Waals surface area contributed by atoms with Gasteiger partial charge in [-0.25, -0.2) is 9.07 Å². The van der Waals surface area contributed by atoms with Gasteiger partial charge in [-0.2, -0.15) is 5.10 Å². The third-order valence-electron chi connectivity index (χ3n) is 3.94. The summed E-state index contributed by atoms with van der Waals surface area (Å²) in [6.45, 7) is 4.56. The van der Waals surface area contributed by atoms with Crippen LogP contribution in [-0.2, 0) is 6.42 Å². The number of halogens is 2. The van der Waals surface area contributed by atoms with E-state index in [-0.39, 0.29) is 24.1 Å².